The van der Waals surface area contributed by atoms with Gasteiger partial charge in [0.1, 0.15) is 11.8 Å². The summed E-state index contributed by atoms with van der Waals surface area (Å²) in [4.78, 5) is 54.5. The van der Waals surface area contributed by atoms with Gasteiger partial charge in [-0.25, -0.2) is 9.59 Å². The van der Waals surface area contributed by atoms with E-state index in [1.807, 2.05) is 0 Å². The van der Waals surface area contributed by atoms with Gasteiger partial charge in [-0.1, -0.05) is 18.2 Å². The number of benzene rings is 2. The highest BCUT2D eigenvalue weighted by molar-refractivity contribution is 6.20. The van der Waals surface area contributed by atoms with E-state index in [1.54, 1.807) is 42.5 Å². The molecule has 0 spiro atoms. The predicted molar refractivity (Wildman–Crippen MR) is 113 cm³/mol. The first-order valence-electron chi connectivity index (χ1n) is 10.3. The molecule has 0 saturated heterocycles. The standard InChI is InChI=1S/C23H22N2O8/c1-31-22(28)19-12-14-7-8-16(11-15(14)13-24(19)23(29)30)32-9-4-10-33-25-20(26)17-5-2-3-6-18(17)21(25)27/h2-3,5-8,11,19H,4,9-10,12-13H2,1H3,(H,29,30)/t19-/m0/s1. The number of hydrogen-bond donors (Lipinski definition) is 1. The second-order valence-corrected chi connectivity index (χ2v) is 7.57. The van der Waals surface area contributed by atoms with Crippen LogP contribution in [0, 0.1) is 0 Å². The molecule has 2 heterocycles. The maximum absolute atomic E-state index is 12.3. The van der Waals surface area contributed by atoms with Crippen LogP contribution in [0.25, 0.3) is 0 Å². The van der Waals surface area contributed by atoms with E-state index in [1.165, 1.54) is 7.11 Å². The van der Waals surface area contributed by atoms with Gasteiger partial charge in [0, 0.05) is 12.8 Å². The van der Waals surface area contributed by atoms with Crippen molar-refractivity contribution in [3.8, 4) is 5.75 Å². The van der Waals surface area contributed by atoms with E-state index in [-0.39, 0.29) is 26.2 Å². The van der Waals surface area contributed by atoms with Gasteiger partial charge < -0.3 is 14.6 Å². The molecule has 10 heteroatoms. The average molecular weight is 454 g/mol. The Balaban J connectivity index is 1.30. The first kappa shape index (κ1) is 22.3. The van der Waals surface area contributed by atoms with Crippen LogP contribution in [0.3, 0.4) is 0 Å². The molecule has 172 valence electrons. The van der Waals surface area contributed by atoms with E-state index in [2.05, 4.69) is 0 Å². The largest absolute Gasteiger partial charge is 0.493 e. The van der Waals surface area contributed by atoms with E-state index >= 15 is 0 Å². The predicted octanol–water partition coefficient (Wildman–Crippen LogP) is 2.26. The van der Waals surface area contributed by atoms with E-state index in [9.17, 15) is 24.3 Å². The topological polar surface area (TPSA) is 123 Å². The number of methoxy groups -OCH3 is 1. The van der Waals surface area contributed by atoms with Crippen LogP contribution < -0.4 is 4.74 Å². The Labute approximate surface area is 189 Å². The van der Waals surface area contributed by atoms with Gasteiger partial charge in [-0.15, -0.1) is 5.06 Å². The minimum Gasteiger partial charge on any atom is -0.493 e. The highest BCUT2D eigenvalue weighted by atomic mass is 16.7. The summed E-state index contributed by atoms with van der Waals surface area (Å²) < 4.78 is 10.4. The number of imide groups is 1. The van der Waals surface area contributed by atoms with Crippen molar-refractivity contribution < 1.29 is 38.6 Å². The average Bonchev–Trinajstić information content (AvgIpc) is 3.07. The van der Waals surface area contributed by atoms with Crippen LogP contribution in [0.2, 0.25) is 0 Å². The van der Waals surface area contributed by atoms with Crippen molar-refractivity contribution in [2.75, 3.05) is 20.3 Å². The molecule has 0 fully saturated rings. The number of ether oxygens (including phenoxy) is 2. The quantitative estimate of drug-likeness (QED) is 0.384. The molecule has 0 aliphatic carbocycles. The summed E-state index contributed by atoms with van der Waals surface area (Å²) in [5, 5.41) is 10.2. The minimum atomic E-state index is -1.20. The summed E-state index contributed by atoms with van der Waals surface area (Å²) in [7, 11) is 1.23. The zero-order valence-corrected chi connectivity index (χ0v) is 17.9. The highest BCUT2D eigenvalue weighted by Crippen LogP contribution is 2.28. The summed E-state index contributed by atoms with van der Waals surface area (Å²) in [5.41, 5.74) is 2.23. The molecule has 0 saturated carbocycles. The zero-order valence-electron chi connectivity index (χ0n) is 17.9. The van der Waals surface area contributed by atoms with Crippen LogP contribution in [0.15, 0.2) is 42.5 Å². The number of esters is 1. The molecule has 4 rings (SSSR count). The molecule has 2 aliphatic rings. The SMILES string of the molecule is COC(=O)[C@@H]1Cc2ccc(OCCCON3C(=O)c4ccccc4C3=O)cc2CN1C(=O)O. The van der Waals surface area contributed by atoms with Gasteiger partial charge >= 0.3 is 12.1 Å². The molecule has 1 atom stereocenters. The smallest absolute Gasteiger partial charge is 0.408 e. The molecule has 33 heavy (non-hydrogen) atoms. The molecule has 0 unspecified atom stereocenters. The fourth-order valence-electron chi connectivity index (χ4n) is 3.89. The van der Waals surface area contributed by atoms with Gasteiger partial charge in [-0.3, -0.25) is 19.3 Å². The number of carbonyl (C=O) groups is 4. The number of amides is 3. The molecular formula is C23H22N2O8. The van der Waals surface area contributed by atoms with Crippen molar-refractivity contribution in [3.05, 3.63) is 64.7 Å². The molecule has 1 N–H and O–H groups in total. The maximum Gasteiger partial charge on any atom is 0.408 e. The molecule has 0 radical (unpaired) electrons. The Kier molecular flexibility index (Phi) is 6.27. The fourth-order valence-corrected chi connectivity index (χ4v) is 3.89. The molecule has 2 aromatic rings. The minimum absolute atomic E-state index is 0.0461. The van der Waals surface area contributed by atoms with Crippen LogP contribution in [0.1, 0.15) is 38.3 Å². The lowest BCUT2D eigenvalue weighted by atomic mass is 9.94. The van der Waals surface area contributed by atoms with Crippen molar-refractivity contribution in [1.29, 1.82) is 0 Å². The summed E-state index contributed by atoms with van der Waals surface area (Å²) in [6.07, 6.45) is -0.563. The van der Waals surface area contributed by atoms with Crippen LogP contribution in [-0.4, -0.2) is 65.3 Å². The third kappa shape index (κ3) is 4.37. The molecule has 10 nitrogen and oxygen atoms in total. The summed E-state index contributed by atoms with van der Waals surface area (Å²) >= 11 is 0. The van der Waals surface area contributed by atoms with Crippen molar-refractivity contribution in [2.24, 2.45) is 0 Å². The number of hydroxylamine groups is 2. The van der Waals surface area contributed by atoms with E-state index in [4.69, 9.17) is 14.3 Å². The van der Waals surface area contributed by atoms with E-state index in [0.717, 1.165) is 21.1 Å². The third-order valence-corrected chi connectivity index (χ3v) is 5.56. The number of hydrogen-bond acceptors (Lipinski definition) is 7. The molecule has 2 aliphatic heterocycles. The Bertz CT molecular complexity index is 1080. The van der Waals surface area contributed by atoms with Crippen molar-refractivity contribution >= 4 is 23.9 Å². The maximum atomic E-state index is 12.3. The lowest BCUT2D eigenvalue weighted by Crippen LogP contribution is -2.48. The van der Waals surface area contributed by atoms with Crippen LogP contribution in [0.5, 0.6) is 5.75 Å². The molecule has 3 amide bonds. The molecule has 0 bridgehead atoms. The van der Waals surface area contributed by atoms with Gasteiger partial charge in [0.25, 0.3) is 11.8 Å². The number of carboxylic acid groups (broad SMARTS) is 1. The van der Waals surface area contributed by atoms with Crippen LogP contribution in [-0.2, 0) is 27.3 Å². The third-order valence-electron chi connectivity index (χ3n) is 5.56. The molecule has 0 aromatic heterocycles. The zero-order chi connectivity index (χ0) is 23.5. The summed E-state index contributed by atoms with van der Waals surface area (Å²) in [6.45, 7) is 0.407. The summed E-state index contributed by atoms with van der Waals surface area (Å²) in [5.74, 6) is -1.03. The van der Waals surface area contributed by atoms with E-state index < -0.39 is 29.9 Å². The second-order valence-electron chi connectivity index (χ2n) is 7.57. The Morgan fingerprint density at radius 2 is 1.73 bits per heavy atom. The van der Waals surface area contributed by atoms with Crippen molar-refractivity contribution in [2.45, 2.75) is 25.4 Å². The number of nitrogens with zero attached hydrogens (tertiary/aromatic N) is 2. The van der Waals surface area contributed by atoms with Crippen LogP contribution >= 0.6 is 0 Å². The number of rotatable bonds is 7. The lowest BCUT2D eigenvalue weighted by molar-refractivity contribution is -0.146. The molecular weight excluding hydrogens is 432 g/mol. The number of carbonyl (C=O) groups excluding carboxylic acids is 3. The number of fused-ring (bicyclic) bond motifs is 2. The van der Waals surface area contributed by atoms with Gasteiger partial charge in [-0.05, 0) is 35.4 Å². The summed E-state index contributed by atoms with van der Waals surface area (Å²) in [6, 6.07) is 10.9. The Morgan fingerprint density at radius 1 is 1.03 bits per heavy atom. The van der Waals surface area contributed by atoms with Crippen molar-refractivity contribution in [1.82, 2.24) is 9.96 Å². The normalized spacial score (nSPS) is 16.9. The lowest BCUT2D eigenvalue weighted by Gasteiger charge is -2.33. The highest BCUT2D eigenvalue weighted by Gasteiger charge is 2.37. The van der Waals surface area contributed by atoms with Gasteiger partial charge in [0.2, 0.25) is 0 Å². The fraction of sp³-hybridized carbons (Fsp3) is 0.304. The van der Waals surface area contributed by atoms with Gasteiger partial charge in [0.15, 0.2) is 0 Å². The first-order valence-corrected chi connectivity index (χ1v) is 10.3. The second kappa shape index (κ2) is 9.29. The van der Waals surface area contributed by atoms with Gasteiger partial charge in [0.05, 0.1) is 38.0 Å². The first-order chi connectivity index (χ1) is 15.9. The van der Waals surface area contributed by atoms with Crippen molar-refractivity contribution in [3.63, 3.8) is 0 Å². The Morgan fingerprint density at radius 3 is 2.36 bits per heavy atom. The van der Waals surface area contributed by atoms with Gasteiger partial charge in [-0.2, -0.15) is 0 Å². The molecule has 2 aromatic carbocycles. The van der Waals surface area contributed by atoms with E-state index in [0.29, 0.717) is 23.3 Å². The monoisotopic (exact) mass is 454 g/mol. The van der Waals surface area contributed by atoms with Crippen LogP contribution in [0.4, 0.5) is 4.79 Å². The Hall–Kier alpha value is -3.92.